The molecule has 1 aromatic heterocycles. The molecule has 1 heterocycles. The average molecular weight is 489 g/mol. The maximum atomic E-state index is 12.9. The summed E-state index contributed by atoms with van der Waals surface area (Å²) in [6, 6.07) is 13.9. The molecule has 0 saturated heterocycles. The summed E-state index contributed by atoms with van der Waals surface area (Å²) in [5.41, 5.74) is 2.12. The van der Waals surface area contributed by atoms with Gasteiger partial charge in [0.05, 0.1) is 4.90 Å². The van der Waals surface area contributed by atoms with Gasteiger partial charge in [-0.25, -0.2) is 13.1 Å². The van der Waals surface area contributed by atoms with E-state index in [-0.39, 0.29) is 10.8 Å². The molecule has 0 bridgehead atoms. The highest BCUT2D eigenvalue weighted by Gasteiger charge is 2.23. The Morgan fingerprint density at radius 1 is 1.06 bits per heavy atom. The van der Waals surface area contributed by atoms with Gasteiger partial charge in [-0.15, -0.1) is 10.2 Å². The van der Waals surface area contributed by atoms with Crippen LogP contribution in [0, 0.1) is 0 Å². The van der Waals surface area contributed by atoms with Gasteiger partial charge >= 0.3 is 0 Å². The lowest BCUT2D eigenvalue weighted by Gasteiger charge is -2.18. The molecule has 0 radical (unpaired) electrons. The average Bonchev–Trinajstić information content (AvgIpc) is 3.18. The number of sulfonamides is 1. The number of nitrogen functional groups attached to an aromatic ring is 1. The van der Waals surface area contributed by atoms with Gasteiger partial charge in [0, 0.05) is 44.1 Å². The largest absolute Gasteiger partial charge is 0.345 e. The second kappa shape index (κ2) is 10.4. The van der Waals surface area contributed by atoms with E-state index in [1.807, 2.05) is 18.2 Å². The van der Waals surface area contributed by atoms with Crippen molar-refractivity contribution in [1.82, 2.24) is 24.1 Å². The Kier molecular flexibility index (Phi) is 7.77. The number of rotatable bonds is 9. The quantitative estimate of drug-likeness (QED) is 0.364. The smallest absolute Gasteiger partial charge is 0.253 e. The van der Waals surface area contributed by atoms with E-state index < -0.39 is 10.0 Å². The van der Waals surface area contributed by atoms with Gasteiger partial charge in [0.25, 0.3) is 5.91 Å². The van der Waals surface area contributed by atoms with Crippen LogP contribution in [-0.4, -0.2) is 65.6 Å². The minimum absolute atomic E-state index is 0.0642. The van der Waals surface area contributed by atoms with Gasteiger partial charge in [0.2, 0.25) is 15.2 Å². The zero-order valence-corrected chi connectivity index (χ0v) is 20.7. The van der Waals surface area contributed by atoms with Crippen LogP contribution in [0.1, 0.15) is 29.8 Å². The monoisotopic (exact) mass is 488 g/mol. The highest BCUT2D eigenvalue weighted by atomic mass is 32.2. The molecule has 0 fully saturated rings. The van der Waals surface area contributed by atoms with Crippen molar-refractivity contribution in [3.8, 4) is 11.4 Å². The standard InChI is InChI=1S/C22H28N6O3S2/c1-5-27(6-2)33(30,31)19-12-8-10-17(14-19)20-24-25-22(28(20)23)32-15-16-9-7-11-18(13-16)21(29)26(3)4/h7-14H,5-6,15,23H2,1-4H3. The summed E-state index contributed by atoms with van der Waals surface area (Å²) in [6.45, 7) is 4.38. The van der Waals surface area contributed by atoms with Crippen LogP contribution in [0.2, 0.25) is 0 Å². The third-order valence-electron chi connectivity index (χ3n) is 5.05. The number of hydrogen-bond donors (Lipinski definition) is 1. The van der Waals surface area contributed by atoms with Crippen LogP contribution in [0.25, 0.3) is 11.4 Å². The van der Waals surface area contributed by atoms with Gasteiger partial charge in [-0.1, -0.05) is 49.9 Å². The normalized spacial score (nSPS) is 11.7. The summed E-state index contributed by atoms with van der Waals surface area (Å²) in [5, 5.41) is 8.82. The lowest BCUT2D eigenvalue weighted by atomic mass is 10.1. The van der Waals surface area contributed by atoms with Gasteiger partial charge in [0.1, 0.15) is 0 Å². The molecule has 0 unspecified atom stereocenters. The first-order valence-electron chi connectivity index (χ1n) is 10.4. The molecular formula is C22H28N6O3S2. The second-order valence-electron chi connectivity index (χ2n) is 7.48. The van der Waals surface area contributed by atoms with Crippen molar-refractivity contribution >= 4 is 27.7 Å². The fraction of sp³-hybridized carbons (Fsp3) is 0.318. The molecule has 33 heavy (non-hydrogen) atoms. The van der Waals surface area contributed by atoms with E-state index in [9.17, 15) is 13.2 Å². The molecular weight excluding hydrogens is 460 g/mol. The first kappa shape index (κ1) is 24.7. The van der Waals surface area contributed by atoms with Crippen LogP contribution in [0.15, 0.2) is 58.6 Å². The highest BCUT2D eigenvalue weighted by Crippen LogP contribution is 2.27. The zero-order valence-electron chi connectivity index (χ0n) is 19.1. The molecule has 9 nitrogen and oxygen atoms in total. The van der Waals surface area contributed by atoms with Gasteiger partial charge in [0.15, 0.2) is 5.82 Å². The lowest BCUT2D eigenvalue weighted by Crippen LogP contribution is -2.30. The number of aromatic nitrogens is 3. The molecule has 176 valence electrons. The molecule has 2 aromatic carbocycles. The summed E-state index contributed by atoms with van der Waals surface area (Å²) < 4.78 is 28.5. The Labute approximate surface area is 198 Å². The summed E-state index contributed by atoms with van der Waals surface area (Å²) in [7, 11) is -0.177. The minimum atomic E-state index is -3.60. The van der Waals surface area contributed by atoms with E-state index in [0.717, 1.165) is 5.56 Å². The van der Waals surface area contributed by atoms with Crippen molar-refractivity contribution < 1.29 is 13.2 Å². The number of carbonyl (C=O) groups excluding carboxylic acids is 1. The third kappa shape index (κ3) is 5.37. The number of benzene rings is 2. The van der Waals surface area contributed by atoms with Crippen LogP contribution in [0.3, 0.4) is 0 Å². The first-order valence-corrected chi connectivity index (χ1v) is 12.9. The Morgan fingerprint density at radius 3 is 2.42 bits per heavy atom. The topological polar surface area (TPSA) is 114 Å². The molecule has 3 rings (SSSR count). The lowest BCUT2D eigenvalue weighted by molar-refractivity contribution is 0.0827. The van der Waals surface area contributed by atoms with Crippen LogP contribution < -0.4 is 5.84 Å². The Balaban J connectivity index is 1.81. The molecule has 0 spiro atoms. The van der Waals surface area contributed by atoms with Crippen molar-refractivity contribution in [3.05, 3.63) is 59.7 Å². The molecule has 0 aliphatic heterocycles. The molecule has 2 N–H and O–H groups in total. The molecule has 0 aliphatic rings. The van der Waals surface area contributed by atoms with Crippen molar-refractivity contribution in [3.63, 3.8) is 0 Å². The molecule has 0 aliphatic carbocycles. The van der Waals surface area contributed by atoms with Gasteiger partial charge < -0.3 is 10.7 Å². The Morgan fingerprint density at radius 2 is 1.76 bits per heavy atom. The zero-order chi connectivity index (χ0) is 24.2. The van der Waals surface area contributed by atoms with Gasteiger partial charge in [-0.2, -0.15) is 4.31 Å². The van der Waals surface area contributed by atoms with E-state index in [4.69, 9.17) is 5.84 Å². The number of nitrogens with zero attached hydrogens (tertiary/aromatic N) is 5. The second-order valence-corrected chi connectivity index (χ2v) is 10.4. The molecule has 0 saturated carbocycles. The van der Waals surface area contributed by atoms with Gasteiger partial charge in [-0.05, 0) is 29.8 Å². The summed E-state index contributed by atoms with van der Waals surface area (Å²) in [4.78, 5) is 13.9. The van der Waals surface area contributed by atoms with Crippen LogP contribution in [-0.2, 0) is 15.8 Å². The van der Waals surface area contributed by atoms with E-state index in [2.05, 4.69) is 10.2 Å². The number of thioether (sulfide) groups is 1. The number of amides is 1. The number of hydrogen-bond acceptors (Lipinski definition) is 7. The van der Waals surface area contributed by atoms with Crippen LogP contribution >= 0.6 is 11.8 Å². The van der Waals surface area contributed by atoms with Gasteiger partial charge in [-0.3, -0.25) is 4.79 Å². The Bertz CT molecular complexity index is 1240. The SMILES string of the molecule is CCN(CC)S(=O)(=O)c1cccc(-c2nnc(SCc3cccc(C(=O)N(C)C)c3)n2N)c1. The van der Waals surface area contributed by atoms with Crippen LogP contribution in [0.5, 0.6) is 0 Å². The number of nitrogens with two attached hydrogens (primary N) is 1. The van der Waals surface area contributed by atoms with Crippen LogP contribution in [0.4, 0.5) is 0 Å². The molecule has 11 heteroatoms. The summed E-state index contributed by atoms with van der Waals surface area (Å²) >= 11 is 1.38. The number of carbonyl (C=O) groups is 1. The predicted molar refractivity (Wildman–Crippen MR) is 130 cm³/mol. The summed E-state index contributed by atoms with van der Waals surface area (Å²) in [5.74, 6) is 7.08. The highest BCUT2D eigenvalue weighted by molar-refractivity contribution is 7.98. The van der Waals surface area contributed by atoms with E-state index in [1.54, 1.807) is 58.3 Å². The predicted octanol–water partition coefficient (Wildman–Crippen LogP) is 2.68. The van der Waals surface area contributed by atoms with Crippen molar-refractivity contribution in [2.75, 3.05) is 33.0 Å². The van der Waals surface area contributed by atoms with Crippen molar-refractivity contribution in [2.24, 2.45) is 0 Å². The first-order chi connectivity index (χ1) is 15.7. The maximum Gasteiger partial charge on any atom is 0.253 e. The minimum Gasteiger partial charge on any atom is -0.345 e. The Hall–Kier alpha value is -2.89. The summed E-state index contributed by atoms with van der Waals surface area (Å²) in [6.07, 6.45) is 0. The van der Waals surface area contributed by atoms with Crippen molar-refractivity contribution in [2.45, 2.75) is 29.7 Å². The van der Waals surface area contributed by atoms with E-state index >= 15 is 0 Å². The van der Waals surface area contributed by atoms with E-state index in [0.29, 0.717) is 41.0 Å². The van der Waals surface area contributed by atoms with E-state index in [1.165, 1.54) is 25.6 Å². The fourth-order valence-electron chi connectivity index (χ4n) is 3.28. The molecule has 3 aromatic rings. The fourth-order valence-corrected chi connectivity index (χ4v) is 5.58. The molecule has 0 atom stereocenters. The maximum absolute atomic E-state index is 12.9. The van der Waals surface area contributed by atoms with Crippen molar-refractivity contribution in [1.29, 1.82) is 0 Å². The molecule has 1 amide bonds. The third-order valence-corrected chi connectivity index (χ3v) is 8.11.